The van der Waals surface area contributed by atoms with Crippen molar-refractivity contribution in [3.05, 3.63) is 101 Å². The number of nitrogens with zero attached hydrogens (tertiary/aromatic N) is 2. The number of nitriles is 1. The van der Waals surface area contributed by atoms with Crippen LogP contribution in [0.1, 0.15) is 40.9 Å². The third-order valence-corrected chi connectivity index (χ3v) is 5.14. The highest BCUT2D eigenvalue weighted by Crippen LogP contribution is 2.15. The Balaban J connectivity index is 1.54. The Morgan fingerprint density at radius 2 is 1.74 bits per heavy atom. The fourth-order valence-electron chi connectivity index (χ4n) is 3.17. The van der Waals surface area contributed by atoms with Crippen LogP contribution in [0.2, 0.25) is 0 Å². The van der Waals surface area contributed by atoms with Gasteiger partial charge >= 0.3 is 0 Å². The van der Waals surface area contributed by atoms with Gasteiger partial charge in [-0.2, -0.15) is 10.4 Å². The molecular weight excluding hydrogens is 447 g/mol. The maximum Gasteiger partial charge on any atom is 0.262 e. The zero-order valence-corrected chi connectivity index (χ0v) is 19.4. The summed E-state index contributed by atoms with van der Waals surface area (Å²) in [4.78, 5) is 25.0. The van der Waals surface area contributed by atoms with E-state index < -0.39 is 23.7 Å². The monoisotopic (exact) mass is 472 g/mol. The van der Waals surface area contributed by atoms with Gasteiger partial charge in [-0.25, -0.2) is 9.82 Å². The van der Waals surface area contributed by atoms with Crippen LogP contribution in [0, 0.1) is 23.1 Å². The molecule has 0 aliphatic heterocycles. The summed E-state index contributed by atoms with van der Waals surface area (Å²) in [5.41, 5.74) is 4.80. The average molecular weight is 473 g/mol. The van der Waals surface area contributed by atoms with E-state index in [-0.39, 0.29) is 18.1 Å². The van der Waals surface area contributed by atoms with Crippen LogP contribution < -0.4 is 15.5 Å². The van der Waals surface area contributed by atoms with Crippen molar-refractivity contribution in [3.63, 3.8) is 0 Å². The highest BCUT2D eigenvalue weighted by atomic mass is 19.1. The molecule has 0 radical (unpaired) electrons. The highest BCUT2D eigenvalue weighted by molar-refractivity contribution is 5.97. The van der Waals surface area contributed by atoms with Crippen LogP contribution in [0.5, 0.6) is 5.75 Å². The third-order valence-electron chi connectivity index (χ3n) is 5.14. The lowest BCUT2D eigenvalue weighted by Crippen LogP contribution is -2.48. The van der Waals surface area contributed by atoms with Crippen molar-refractivity contribution in [2.45, 2.75) is 26.5 Å². The Bertz CT molecular complexity index is 1230. The van der Waals surface area contributed by atoms with Crippen molar-refractivity contribution in [3.8, 4) is 11.8 Å². The number of ether oxygens (including phenoxy) is 1. The van der Waals surface area contributed by atoms with Gasteiger partial charge in [0.05, 0.1) is 17.8 Å². The topological polar surface area (TPSA) is 104 Å². The maximum absolute atomic E-state index is 13.1. The minimum atomic E-state index is -0.822. The van der Waals surface area contributed by atoms with Gasteiger partial charge in [-0.05, 0) is 66.1 Å². The van der Waals surface area contributed by atoms with Crippen molar-refractivity contribution in [1.82, 2.24) is 10.7 Å². The van der Waals surface area contributed by atoms with Crippen LogP contribution in [0.3, 0.4) is 0 Å². The first-order valence-electron chi connectivity index (χ1n) is 11.0. The lowest BCUT2D eigenvalue weighted by atomic mass is 10.0. The van der Waals surface area contributed by atoms with Gasteiger partial charge in [-0.3, -0.25) is 9.59 Å². The molecule has 3 aromatic rings. The first-order valence-corrected chi connectivity index (χ1v) is 11.0. The number of hydrogen-bond acceptors (Lipinski definition) is 5. The predicted octanol–water partition coefficient (Wildman–Crippen LogP) is 4.18. The van der Waals surface area contributed by atoms with Gasteiger partial charge in [0.15, 0.2) is 0 Å². The lowest BCUT2D eigenvalue weighted by Gasteiger charge is -2.20. The molecule has 2 N–H and O–H groups in total. The van der Waals surface area contributed by atoms with Crippen molar-refractivity contribution in [2.75, 3.05) is 0 Å². The second kappa shape index (κ2) is 12.1. The van der Waals surface area contributed by atoms with Crippen molar-refractivity contribution < 1.29 is 18.7 Å². The average Bonchev–Trinajstić information content (AvgIpc) is 2.87. The predicted molar refractivity (Wildman–Crippen MR) is 130 cm³/mol. The van der Waals surface area contributed by atoms with E-state index in [1.54, 1.807) is 50.2 Å². The lowest BCUT2D eigenvalue weighted by molar-refractivity contribution is -0.123. The molecular formula is C27H25FN4O3. The zero-order chi connectivity index (χ0) is 25.2. The van der Waals surface area contributed by atoms with Crippen LogP contribution in [0.25, 0.3) is 0 Å². The molecule has 35 heavy (non-hydrogen) atoms. The molecule has 0 aromatic heterocycles. The number of carbonyl (C=O) groups excluding carboxylic acids is 2. The Kier molecular flexibility index (Phi) is 8.68. The van der Waals surface area contributed by atoms with E-state index in [2.05, 4.69) is 21.9 Å². The molecule has 0 heterocycles. The Morgan fingerprint density at radius 3 is 2.40 bits per heavy atom. The summed E-state index contributed by atoms with van der Waals surface area (Å²) in [6, 6.07) is 20.7. The molecule has 0 saturated heterocycles. The molecule has 0 fully saturated rings. The van der Waals surface area contributed by atoms with Gasteiger partial charge in [0.1, 0.15) is 24.2 Å². The van der Waals surface area contributed by atoms with Crippen LogP contribution in [0.4, 0.5) is 4.39 Å². The summed E-state index contributed by atoms with van der Waals surface area (Å²) in [7, 11) is 0. The highest BCUT2D eigenvalue weighted by Gasteiger charge is 2.24. The summed E-state index contributed by atoms with van der Waals surface area (Å²) in [5.74, 6) is -0.962. The summed E-state index contributed by atoms with van der Waals surface area (Å²) in [6.45, 7) is 3.87. The first-order chi connectivity index (χ1) is 16.9. The van der Waals surface area contributed by atoms with Crippen molar-refractivity contribution in [2.24, 2.45) is 11.0 Å². The third kappa shape index (κ3) is 7.24. The summed E-state index contributed by atoms with van der Waals surface area (Å²) in [5, 5.41) is 15.8. The standard InChI is InChI=1S/C27H25FN4O3/c1-18(2)25(31-26(33)20-9-11-23(28)12-10-20)27(34)32-30-16-19-7-13-24(14-8-19)35-17-22-6-4-3-5-21(22)15-29/h3-14,16,18,25H,17H2,1-2H3,(H,31,33)(H,32,34). The fraction of sp³-hybridized carbons (Fsp3) is 0.185. The quantitative estimate of drug-likeness (QED) is 0.360. The van der Waals surface area contributed by atoms with E-state index in [1.807, 2.05) is 12.1 Å². The Hall–Kier alpha value is -4.51. The fourth-order valence-corrected chi connectivity index (χ4v) is 3.17. The van der Waals surface area contributed by atoms with E-state index in [4.69, 9.17) is 10.00 Å². The second-order valence-electron chi connectivity index (χ2n) is 8.06. The van der Waals surface area contributed by atoms with Gasteiger partial charge in [0.25, 0.3) is 11.8 Å². The van der Waals surface area contributed by atoms with Crippen LogP contribution in [-0.4, -0.2) is 24.1 Å². The molecule has 3 rings (SSSR count). The number of halogens is 1. The second-order valence-corrected chi connectivity index (χ2v) is 8.06. The van der Waals surface area contributed by atoms with Gasteiger partial charge in [-0.15, -0.1) is 0 Å². The number of hydrogen-bond donors (Lipinski definition) is 2. The van der Waals surface area contributed by atoms with Crippen LogP contribution in [-0.2, 0) is 11.4 Å². The zero-order valence-electron chi connectivity index (χ0n) is 19.4. The molecule has 8 heteroatoms. The van der Waals surface area contributed by atoms with Gasteiger partial charge in [0, 0.05) is 11.1 Å². The maximum atomic E-state index is 13.1. The number of amides is 2. The smallest absolute Gasteiger partial charge is 0.262 e. The SMILES string of the molecule is CC(C)C(NC(=O)c1ccc(F)cc1)C(=O)NN=Cc1ccc(OCc2ccccc2C#N)cc1. The van der Waals surface area contributed by atoms with E-state index in [9.17, 15) is 14.0 Å². The molecule has 0 saturated carbocycles. The van der Waals surface area contributed by atoms with Gasteiger partial charge < -0.3 is 10.1 Å². The molecule has 7 nitrogen and oxygen atoms in total. The minimum absolute atomic E-state index is 0.197. The summed E-state index contributed by atoms with van der Waals surface area (Å²) >= 11 is 0. The van der Waals surface area contributed by atoms with Gasteiger partial charge in [0.2, 0.25) is 0 Å². The summed E-state index contributed by atoms with van der Waals surface area (Å²) < 4.78 is 18.8. The van der Waals surface area contributed by atoms with Crippen molar-refractivity contribution in [1.29, 1.82) is 5.26 Å². The van der Waals surface area contributed by atoms with Crippen LogP contribution >= 0.6 is 0 Å². The van der Waals surface area contributed by atoms with Crippen molar-refractivity contribution >= 4 is 18.0 Å². The number of nitrogens with one attached hydrogen (secondary N) is 2. The normalized spacial score (nSPS) is 11.6. The van der Waals surface area contributed by atoms with E-state index in [0.717, 1.165) is 11.1 Å². The van der Waals surface area contributed by atoms with E-state index in [1.165, 1.54) is 30.5 Å². The Labute approximate surface area is 203 Å². The molecule has 1 unspecified atom stereocenters. The number of carbonyl (C=O) groups is 2. The molecule has 0 aliphatic rings. The molecule has 0 spiro atoms. The number of benzene rings is 3. The molecule has 2 amide bonds. The minimum Gasteiger partial charge on any atom is -0.489 e. The number of hydrazone groups is 1. The molecule has 178 valence electrons. The molecule has 3 aromatic carbocycles. The van der Waals surface area contributed by atoms with E-state index >= 15 is 0 Å². The largest absolute Gasteiger partial charge is 0.489 e. The summed E-state index contributed by atoms with van der Waals surface area (Å²) in [6.07, 6.45) is 1.48. The van der Waals surface area contributed by atoms with Gasteiger partial charge in [-0.1, -0.05) is 32.0 Å². The van der Waals surface area contributed by atoms with Crippen LogP contribution in [0.15, 0.2) is 77.9 Å². The number of rotatable bonds is 9. The molecule has 1 atom stereocenters. The molecule has 0 aliphatic carbocycles. The van der Waals surface area contributed by atoms with E-state index in [0.29, 0.717) is 11.3 Å². The first kappa shape index (κ1) is 25.1. The molecule has 0 bridgehead atoms. The Morgan fingerprint density at radius 1 is 1.06 bits per heavy atom.